The first-order chi connectivity index (χ1) is 29.7. The van der Waals surface area contributed by atoms with Crippen LogP contribution in [0.4, 0.5) is 0 Å². The zero-order valence-electron chi connectivity index (χ0n) is 34.5. The molecule has 61 heavy (non-hydrogen) atoms. The van der Waals surface area contributed by atoms with Gasteiger partial charge in [0, 0.05) is 42.7 Å². The highest BCUT2D eigenvalue weighted by atomic mass is 16.6. The molecule has 0 spiro atoms. The second-order valence-electron chi connectivity index (χ2n) is 16.8. The van der Waals surface area contributed by atoms with Crippen molar-refractivity contribution in [1.82, 2.24) is 16.0 Å². The van der Waals surface area contributed by atoms with Gasteiger partial charge in [0.2, 0.25) is 0 Å². The number of aliphatic hydroxyl groups is 3. The van der Waals surface area contributed by atoms with Gasteiger partial charge in [-0.1, -0.05) is 36.1 Å². The van der Waals surface area contributed by atoms with Crippen molar-refractivity contribution in [2.45, 2.75) is 87.4 Å². The predicted molar refractivity (Wildman–Crippen MR) is 228 cm³/mol. The maximum atomic E-state index is 11.0. The number of aromatic hydroxyl groups is 2. The van der Waals surface area contributed by atoms with Crippen molar-refractivity contribution in [3.05, 3.63) is 98.6 Å². The minimum atomic E-state index is -1.21. The van der Waals surface area contributed by atoms with Crippen LogP contribution >= 0.6 is 0 Å². The van der Waals surface area contributed by atoms with Gasteiger partial charge in [-0.2, -0.15) is 0 Å². The number of phenols is 2. The molecule has 0 unspecified atom stereocenters. The Morgan fingerprint density at radius 3 is 2.66 bits per heavy atom. The summed E-state index contributed by atoms with van der Waals surface area (Å²) >= 11 is 0. The number of rotatable bonds is 12. The van der Waals surface area contributed by atoms with E-state index in [0.717, 1.165) is 44.0 Å². The predicted octanol–water partition coefficient (Wildman–Crippen LogP) is 2.39. The molecule has 0 fully saturated rings. The second-order valence-corrected chi connectivity index (χ2v) is 16.8. The molecule has 2 bridgehead atoms. The van der Waals surface area contributed by atoms with Gasteiger partial charge >= 0.3 is 0 Å². The van der Waals surface area contributed by atoms with Gasteiger partial charge in [-0.05, 0) is 115 Å². The van der Waals surface area contributed by atoms with E-state index in [2.05, 4.69) is 57.1 Å². The third kappa shape index (κ3) is 7.83. The van der Waals surface area contributed by atoms with E-state index in [9.17, 15) is 25.5 Å². The number of ether oxygens (including phenoxy) is 4. The average Bonchev–Trinajstić information content (AvgIpc) is 3.73. The van der Waals surface area contributed by atoms with Crippen LogP contribution in [-0.4, -0.2) is 102 Å². The number of nitrogens with zero attached hydrogens (tertiary/aromatic N) is 1. The number of benzene rings is 4. The highest BCUT2D eigenvalue weighted by molar-refractivity contribution is 5.85. The van der Waals surface area contributed by atoms with E-state index in [0.29, 0.717) is 68.9 Å². The van der Waals surface area contributed by atoms with Gasteiger partial charge in [-0.15, -0.1) is 0 Å². The van der Waals surface area contributed by atoms with Crippen molar-refractivity contribution >= 4 is 6.08 Å². The molecule has 7 atom stereocenters. The molecule has 4 aliphatic heterocycles. The standard InChI is InChI=1S/C48H54N4O9/c1-27(55)22-50-25-52-43-5-3-4-33(23-53)59-42-19-30(7-13-41(42)57)47-48(43,58-26-49-2)21-39-38-18-31(17-28-6-12-40-29(16-28)14-15-51-40)37-20-32(56)8-10-35(37)44(38)46-36(45(39)61-47)11-9-34(24-54)60-46/h6-8,10,12-14,16,19-20,27,31,33-34,43,47,49-50,52-57H,4,9,11,15,17-18,21-26H2,1-2H3/t27-,31+,33-,34+,43-,47+,48-/m0/s1. The normalized spacial score (nSPS) is 24.7. The van der Waals surface area contributed by atoms with Crippen LogP contribution in [0.3, 0.4) is 0 Å². The quantitative estimate of drug-likeness (QED) is 0.0594. The molecule has 13 nitrogen and oxygen atoms in total. The average molecular weight is 831 g/mol. The summed E-state index contributed by atoms with van der Waals surface area (Å²) in [5, 5.41) is 65.1. The van der Waals surface area contributed by atoms with Crippen LogP contribution in [0.15, 0.2) is 59.6 Å². The Kier molecular flexibility index (Phi) is 11.7. The van der Waals surface area contributed by atoms with Gasteiger partial charge < -0.3 is 49.8 Å². The van der Waals surface area contributed by atoms with Crippen molar-refractivity contribution in [3.8, 4) is 51.7 Å². The summed E-state index contributed by atoms with van der Waals surface area (Å²) in [5.41, 5.74) is 6.47. The number of aliphatic hydroxyl groups excluding tert-OH is 3. The summed E-state index contributed by atoms with van der Waals surface area (Å²) in [6.07, 6.45) is 2.67. The van der Waals surface area contributed by atoms with Crippen LogP contribution in [0.5, 0.6) is 28.7 Å². The Hall–Kier alpha value is -5.17. The molecule has 1 aliphatic carbocycles. The lowest BCUT2D eigenvalue weighted by Crippen LogP contribution is -2.62. The van der Waals surface area contributed by atoms with E-state index in [1.807, 2.05) is 19.2 Å². The maximum absolute atomic E-state index is 11.0. The minimum Gasteiger partial charge on any atom is -0.508 e. The van der Waals surface area contributed by atoms with Crippen LogP contribution in [0.1, 0.15) is 65.2 Å². The molecule has 5 aliphatic rings. The van der Waals surface area contributed by atoms with Gasteiger partial charge in [0.15, 0.2) is 17.6 Å². The molecule has 4 heterocycles. The van der Waals surface area contributed by atoms with Crippen LogP contribution in [0.25, 0.3) is 17.2 Å². The van der Waals surface area contributed by atoms with Crippen molar-refractivity contribution in [3.63, 3.8) is 0 Å². The Labute approximate surface area is 355 Å². The number of nitrogens with one attached hydrogen (secondary N) is 3. The fraction of sp³-hybridized carbons (Fsp3) is 0.438. The molecular weight excluding hydrogens is 777 g/mol. The summed E-state index contributed by atoms with van der Waals surface area (Å²) in [6, 6.07) is 16.5. The molecule has 320 valence electrons. The van der Waals surface area contributed by atoms with E-state index >= 15 is 0 Å². The van der Waals surface area contributed by atoms with Gasteiger partial charge in [0.1, 0.15) is 41.1 Å². The highest BCUT2D eigenvalue weighted by Crippen LogP contribution is 2.58. The lowest BCUT2D eigenvalue weighted by atomic mass is 9.69. The molecule has 0 saturated heterocycles. The van der Waals surface area contributed by atoms with Crippen molar-refractivity contribution in [2.75, 3.05) is 46.8 Å². The van der Waals surface area contributed by atoms with E-state index < -0.39 is 36.1 Å². The fourth-order valence-electron chi connectivity index (χ4n) is 9.73. The number of fused-ring (bicyclic) bond motifs is 13. The molecule has 4 aromatic carbocycles. The molecule has 0 radical (unpaired) electrons. The Bertz CT molecular complexity index is 2500. The molecule has 13 heteroatoms. The first kappa shape index (κ1) is 41.2. The van der Waals surface area contributed by atoms with Crippen molar-refractivity contribution < 1.29 is 44.5 Å². The SMILES string of the molecule is CNCO[C@]12Cc3c4c(c5c(c3O[C@@H]1c1ccc(O)c(c1)O[C@H](CO)CC#C[C@@H]2NCNC[C@H](C)O)CC[C@H](CO)O5)-c1ccc(O)cc1[C@H](Cc1ccc2c(c1)=CCN=2)C4. The number of hydrogen-bond acceptors (Lipinski definition) is 13. The first-order valence-electron chi connectivity index (χ1n) is 21.3. The van der Waals surface area contributed by atoms with Crippen LogP contribution in [0, 0.1) is 11.8 Å². The Morgan fingerprint density at radius 2 is 1.84 bits per heavy atom. The van der Waals surface area contributed by atoms with Crippen LogP contribution < -0.4 is 40.7 Å². The summed E-state index contributed by atoms with van der Waals surface area (Å²) in [4.78, 5) is 4.60. The van der Waals surface area contributed by atoms with Crippen molar-refractivity contribution in [2.24, 2.45) is 4.99 Å². The largest absolute Gasteiger partial charge is 0.508 e. The smallest absolute Gasteiger partial charge is 0.161 e. The highest BCUT2D eigenvalue weighted by Gasteiger charge is 2.54. The van der Waals surface area contributed by atoms with E-state index in [1.165, 1.54) is 5.56 Å². The molecule has 4 aromatic rings. The second kappa shape index (κ2) is 17.3. The van der Waals surface area contributed by atoms with Crippen molar-refractivity contribution in [1.29, 1.82) is 0 Å². The molecule has 8 N–H and O–H groups in total. The van der Waals surface area contributed by atoms with Gasteiger partial charge in [0.25, 0.3) is 0 Å². The first-order valence-corrected chi connectivity index (χ1v) is 21.3. The van der Waals surface area contributed by atoms with Crippen LogP contribution in [-0.2, 0) is 30.4 Å². The number of hydrogen-bond donors (Lipinski definition) is 8. The molecule has 9 rings (SSSR count). The van der Waals surface area contributed by atoms with Gasteiger partial charge in [-0.25, -0.2) is 0 Å². The zero-order valence-corrected chi connectivity index (χ0v) is 34.5. The molecular formula is C48H54N4O9. The summed E-state index contributed by atoms with van der Waals surface area (Å²) in [5.74, 6) is 8.40. The van der Waals surface area contributed by atoms with E-state index in [-0.39, 0.29) is 49.5 Å². The summed E-state index contributed by atoms with van der Waals surface area (Å²) in [6.45, 7) is 2.74. The topological polar surface area (TPSA) is 187 Å². The molecule has 0 amide bonds. The van der Waals surface area contributed by atoms with Gasteiger partial charge in [-0.3, -0.25) is 15.6 Å². The fourth-order valence-corrected chi connectivity index (χ4v) is 9.73. The number of phenolic OH excluding ortho intramolecular Hbond substituents is 2. The zero-order chi connectivity index (χ0) is 42.3. The lowest BCUT2D eigenvalue weighted by Gasteiger charge is -2.49. The molecule has 0 saturated carbocycles. The van der Waals surface area contributed by atoms with Gasteiger partial charge in [0.05, 0.1) is 38.0 Å². The Morgan fingerprint density at radius 1 is 0.967 bits per heavy atom. The third-order valence-corrected chi connectivity index (χ3v) is 12.6. The monoisotopic (exact) mass is 830 g/mol. The van der Waals surface area contributed by atoms with E-state index in [4.69, 9.17) is 18.9 Å². The summed E-state index contributed by atoms with van der Waals surface area (Å²) in [7, 11) is 1.82. The molecule has 0 aromatic heterocycles. The lowest BCUT2D eigenvalue weighted by molar-refractivity contribution is -0.141. The van der Waals surface area contributed by atoms with Crippen LogP contribution in [0.2, 0.25) is 0 Å². The Balaban J connectivity index is 1.27. The third-order valence-electron chi connectivity index (χ3n) is 12.6. The van der Waals surface area contributed by atoms with E-state index in [1.54, 1.807) is 31.2 Å². The summed E-state index contributed by atoms with van der Waals surface area (Å²) < 4.78 is 27.5. The maximum Gasteiger partial charge on any atom is 0.161 e. The minimum absolute atomic E-state index is 0.0320.